The van der Waals surface area contributed by atoms with Gasteiger partial charge in [0.2, 0.25) is 0 Å². The van der Waals surface area contributed by atoms with E-state index in [0.717, 1.165) is 0 Å². The van der Waals surface area contributed by atoms with Crippen LogP contribution in [0.3, 0.4) is 0 Å². The Balaban J connectivity index is 1.75. The molecule has 1 atom stereocenters. The van der Waals surface area contributed by atoms with Crippen LogP contribution in [0.25, 0.3) is 0 Å². The van der Waals surface area contributed by atoms with Gasteiger partial charge in [0, 0.05) is 13.6 Å². The number of carbonyl (C=O) groups is 2. The second-order valence-corrected chi connectivity index (χ2v) is 6.73. The average molecular weight is 377 g/mol. The highest BCUT2D eigenvalue weighted by molar-refractivity contribution is 7.12. The van der Waals surface area contributed by atoms with E-state index in [4.69, 9.17) is 9.47 Å². The summed E-state index contributed by atoms with van der Waals surface area (Å²) in [5, 5.41) is 14.0. The van der Waals surface area contributed by atoms with Gasteiger partial charge in [-0.2, -0.15) is 0 Å². The summed E-state index contributed by atoms with van der Waals surface area (Å²) in [6.07, 6.45) is 1.30. The molecule has 0 unspecified atom stereocenters. The monoisotopic (exact) mass is 377 g/mol. The van der Waals surface area contributed by atoms with Crippen LogP contribution in [0.2, 0.25) is 0 Å². The molecule has 0 aliphatic carbocycles. The number of carbonyl (C=O) groups excluding carboxylic acids is 1. The number of likely N-dealkylation sites (N-methyl/N-ethyl adjacent to an activating group) is 1. The van der Waals surface area contributed by atoms with E-state index in [2.05, 4.69) is 10.3 Å². The Bertz CT molecular complexity index is 775. The maximum atomic E-state index is 12.1. The van der Waals surface area contributed by atoms with Crippen molar-refractivity contribution in [1.82, 2.24) is 4.98 Å². The van der Waals surface area contributed by atoms with E-state index in [9.17, 15) is 14.7 Å². The molecule has 1 aliphatic rings. The van der Waals surface area contributed by atoms with Crippen LogP contribution in [-0.2, 0) is 9.47 Å². The number of aromatic nitrogens is 1. The Labute approximate surface area is 154 Å². The number of thiophene rings is 1. The van der Waals surface area contributed by atoms with Crippen LogP contribution in [0, 0.1) is 0 Å². The largest absolute Gasteiger partial charge is 0.478 e. The minimum Gasteiger partial charge on any atom is -0.478 e. The van der Waals surface area contributed by atoms with Crippen LogP contribution < -0.4 is 10.2 Å². The minimum absolute atomic E-state index is 0.00760. The molecule has 0 spiro atoms. The number of aromatic carboxylic acids is 1. The molecule has 1 fully saturated rings. The molecule has 0 radical (unpaired) electrons. The number of nitrogens with zero attached hydrogens (tertiary/aromatic N) is 2. The van der Waals surface area contributed by atoms with Crippen molar-refractivity contribution >= 4 is 34.7 Å². The number of carboxylic acids is 1. The van der Waals surface area contributed by atoms with E-state index in [1.165, 1.54) is 23.6 Å². The number of rotatable bonds is 6. The molecule has 0 saturated carbocycles. The summed E-state index contributed by atoms with van der Waals surface area (Å²) in [6.45, 7) is 2.00. The molecule has 3 heterocycles. The lowest BCUT2D eigenvalue weighted by molar-refractivity contribution is -0.0837. The van der Waals surface area contributed by atoms with Crippen LogP contribution in [0.4, 0.5) is 11.5 Å². The number of carboxylic acid groups (broad SMARTS) is 1. The first-order valence-corrected chi connectivity index (χ1v) is 8.91. The molecule has 3 rings (SSSR count). The number of ether oxygens (including phenoxy) is 2. The molecule has 1 amide bonds. The summed E-state index contributed by atoms with van der Waals surface area (Å²) in [7, 11) is 1.75. The first-order valence-electron chi connectivity index (χ1n) is 8.03. The van der Waals surface area contributed by atoms with Gasteiger partial charge in [-0.1, -0.05) is 6.07 Å². The van der Waals surface area contributed by atoms with Crippen LogP contribution in [-0.4, -0.2) is 61.5 Å². The molecule has 138 valence electrons. The molecule has 0 bridgehead atoms. The van der Waals surface area contributed by atoms with Gasteiger partial charge in [-0.05, 0) is 17.5 Å². The molecule has 2 aromatic rings. The van der Waals surface area contributed by atoms with Crippen LogP contribution in [0.15, 0.2) is 29.8 Å². The standard InChI is InChI=1S/C17H19N3O5S/c1-20(9-12-10-24-4-5-25-12)15-13(17(22)23)7-11(8-18-15)19-16(21)14-3-2-6-26-14/h2-3,6-8,12H,4-5,9-10H2,1H3,(H,19,21)(H,22,23)/t12-/m0/s1. The van der Waals surface area contributed by atoms with Crippen LogP contribution in [0.5, 0.6) is 0 Å². The predicted octanol–water partition coefficient (Wildman–Crippen LogP) is 1.95. The van der Waals surface area contributed by atoms with Gasteiger partial charge in [0.1, 0.15) is 11.4 Å². The van der Waals surface area contributed by atoms with E-state index in [0.29, 0.717) is 42.7 Å². The van der Waals surface area contributed by atoms with Gasteiger partial charge in [-0.15, -0.1) is 11.3 Å². The van der Waals surface area contributed by atoms with E-state index < -0.39 is 5.97 Å². The van der Waals surface area contributed by atoms with Gasteiger partial charge in [0.15, 0.2) is 0 Å². The fourth-order valence-corrected chi connectivity index (χ4v) is 3.24. The minimum atomic E-state index is -1.12. The summed E-state index contributed by atoms with van der Waals surface area (Å²) in [4.78, 5) is 30.3. The second kappa shape index (κ2) is 8.26. The van der Waals surface area contributed by atoms with E-state index in [1.54, 1.807) is 29.5 Å². The summed E-state index contributed by atoms with van der Waals surface area (Å²) < 4.78 is 11.0. The number of nitrogens with one attached hydrogen (secondary N) is 1. The summed E-state index contributed by atoms with van der Waals surface area (Å²) in [5.74, 6) is -1.11. The van der Waals surface area contributed by atoms with Crippen molar-refractivity contribution < 1.29 is 24.2 Å². The molecule has 0 aromatic carbocycles. The molecule has 2 N–H and O–H groups in total. The van der Waals surface area contributed by atoms with Crippen molar-refractivity contribution in [2.45, 2.75) is 6.10 Å². The third-order valence-corrected chi connectivity index (χ3v) is 4.69. The number of anilines is 2. The normalized spacial score (nSPS) is 16.9. The van der Waals surface area contributed by atoms with Gasteiger partial charge in [-0.25, -0.2) is 9.78 Å². The maximum Gasteiger partial charge on any atom is 0.339 e. The molecule has 2 aromatic heterocycles. The number of pyridine rings is 1. The highest BCUT2D eigenvalue weighted by Gasteiger charge is 2.22. The van der Waals surface area contributed by atoms with E-state index in [1.807, 2.05) is 0 Å². The van der Waals surface area contributed by atoms with E-state index in [-0.39, 0.29) is 17.6 Å². The smallest absolute Gasteiger partial charge is 0.339 e. The number of hydrogen-bond donors (Lipinski definition) is 2. The first-order chi connectivity index (χ1) is 12.5. The molecular weight excluding hydrogens is 358 g/mol. The van der Waals surface area contributed by atoms with Crippen molar-refractivity contribution in [2.75, 3.05) is 43.6 Å². The van der Waals surface area contributed by atoms with E-state index >= 15 is 0 Å². The average Bonchev–Trinajstić information content (AvgIpc) is 3.17. The fourth-order valence-electron chi connectivity index (χ4n) is 2.62. The third-order valence-electron chi connectivity index (χ3n) is 3.82. The van der Waals surface area contributed by atoms with Gasteiger partial charge >= 0.3 is 5.97 Å². The number of hydrogen-bond acceptors (Lipinski definition) is 7. The highest BCUT2D eigenvalue weighted by atomic mass is 32.1. The fraction of sp³-hybridized carbons (Fsp3) is 0.353. The van der Waals surface area contributed by atoms with Gasteiger partial charge < -0.3 is 24.8 Å². The Morgan fingerprint density at radius 2 is 2.31 bits per heavy atom. The lowest BCUT2D eigenvalue weighted by Gasteiger charge is -2.28. The maximum absolute atomic E-state index is 12.1. The zero-order chi connectivity index (χ0) is 18.5. The Morgan fingerprint density at radius 1 is 1.46 bits per heavy atom. The number of amides is 1. The van der Waals surface area contributed by atoms with Crippen molar-refractivity contribution in [2.24, 2.45) is 0 Å². The van der Waals surface area contributed by atoms with Gasteiger partial charge in [0.25, 0.3) is 5.91 Å². The Kier molecular flexibility index (Phi) is 5.82. The second-order valence-electron chi connectivity index (χ2n) is 5.78. The summed E-state index contributed by atoms with van der Waals surface area (Å²) in [5.41, 5.74) is 0.336. The molecular formula is C17H19N3O5S. The van der Waals surface area contributed by atoms with Gasteiger partial charge in [-0.3, -0.25) is 4.79 Å². The van der Waals surface area contributed by atoms with Crippen molar-refractivity contribution in [3.8, 4) is 0 Å². The molecule has 26 heavy (non-hydrogen) atoms. The molecule has 9 heteroatoms. The highest BCUT2D eigenvalue weighted by Crippen LogP contribution is 2.22. The topological polar surface area (TPSA) is 101 Å². The molecule has 1 aliphatic heterocycles. The van der Waals surface area contributed by atoms with Gasteiger partial charge in [0.05, 0.1) is 42.7 Å². The van der Waals surface area contributed by atoms with Crippen molar-refractivity contribution in [3.05, 3.63) is 40.2 Å². The molecule has 1 saturated heterocycles. The lowest BCUT2D eigenvalue weighted by Crippen LogP contribution is -2.39. The molecule has 8 nitrogen and oxygen atoms in total. The Hall–Kier alpha value is -2.49. The lowest BCUT2D eigenvalue weighted by atomic mass is 10.2. The van der Waals surface area contributed by atoms with Crippen molar-refractivity contribution in [1.29, 1.82) is 0 Å². The summed E-state index contributed by atoms with van der Waals surface area (Å²) >= 11 is 1.31. The van der Waals surface area contributed by atoms with Crippen LogP contribution in [0.1, 0.15) is 20.0 Å². The zero-order valence-electron chi connectivity index (χ0n) is 14.2. The third kappa shape index (κ3) is 4.37. The Morgan fingerprint density at radius 3 is 2.96 bits per heavy atom. The van der Waals surface area contributed by atoms with Crippen LogP contribution >= 0.6 is 11.3 Å². The van der Waals surface area contributed by atoms with Crippen molar-refractivity contribution in [3.63, 3.8) is 0 Å². The predicted molar refractivity (Wildman–Crippen MR) is 97.3 cm³/mol. The quantitative estimate of drug-likeness (QED) is 0.793. The summed E-state index contributed by atoms with van der Waals surface area (Å²) in [6, 6.07) is 4.88. The first kappa shape index (κ1) is 18.3. The zero-order valence-corrected chi connectivity index (χ0v) is 15.0. The SMILES string of the molecule is CN(C[C@H]1COCCO1)c1ncc(NC(=O)c2cccs2)cc1C(=O)O.